The Labute approximate surface area is 115 Å². The van der Waals surface area contributed by atoms with E-state index in [1.54, 1.807) is 0 Å². The largest absolute Gasteiger partial charge is 0.330 e. The van der Waals surface area contributed by atoms with E-state index < -0.39 is 0 Å². The molecule has 106 valence electrons. The standard InChI is InChI=1S/C15H26N4/c16-10-12-8-9-14-17-18-15(19(14)11-12)13-6-4-2-1-3-5-7-13/h12-13H,1-11,16H2. The zero-order valence-electron chi connectivity index (χ0n) is 11.9. The van der Waals surface area contributed by atoms with E-state index in [4.69, 9.17) is 5.73 Å². The van der Waals surface area contributed by atoms with E-state index in [0.29, 0.717) is 11.8 Å². The predicted octanol–water partition coefficient (Wildman–Crippen LogP) is 2.63. The van der Waals surface area contributed by atoms with Crippen LogP contribution in [0.4, 0.5) is 0 Å². The van der Waals surface area contributed by atoms with Gasteiger partial charge in [-0.15, -0.1) is 10.2 Å². The maximum atomic E-state index is 5.85. The molecule has 1 saturated carbocycles. The van der Waals surface area contributed by atoms with Crippen LogP contribution in [0.5, 0.6) is 0 Å². The first-order chi connectivity index (χ1) is 9.38. The van der Waals surface area contributed by atoms with Gasteiger partial charge in [-0.1, -0.05) is 32.1 Å². The lowest BCUT2D eigenvalue weighted by molar-refractivity contribution is 0.351. The van der Waals surface area contributed by atoms with Crippen LogP contribution in [0, 0.1) is 5.92 Å². The maximum absolute atomic E-state index is 5.85. The van der Waals surface area contributed by atoms with Crippen molar-refractivity contribution in [2.24, 2.45) is 11.7 Å². The van der Waals surface area contributed by atoms with Gasteiger partial charge in [0.1, 0.15) is 11.6 Å². The van der Waals surface area contributed by atoms with Crippen LogP contribution >= 0.6 is 0 Å². The number of aryl methyl sites for hydroxylation is 1. The number of nitrogens with zero attached hydrogens (tertiary/aromatic N) is 3. The topological polar surface area (TPSA) is 56.7 Å². The van der Waals surface area contributed by atoms with Crippen molar-refractivity contribution in [1.29, 1.82) is 0 Å². The van der Waals surface area contributed by atoms with Crippen molar-refractivity contribution < 1.29 is 0 Å². The Bertz CT molecular complexity index is 404. The van der Waals surface area contributed by atoms with E-state index >= 15 is 0 Å². The van der Waals surface area contributed by atoms with E-state index in [1.807, 2.05) is 0 Å². The van der Waals surface area contributed by atoms with Crippen LogP contribution in [0.3, 0.4) is 0 Å². The number of nitrogens with two attached hydrogens (primary N) is 1. The van der Waals surface area contributed by atoms with Gasteiger partial charge >= 0.3 is 0 Å². The highest BCUT2D eigenvalue weighted by atomic mass is 15.3. The molecule has 19 heavy (non-hydrogen) atoms. The lowest BCUT2D eigenvalue weighted by atomic mass is 9.90. The summed E-state index contributed by atoms with van der Waals surface area (Å²) < 4.78 is 2.40. The smallest absolute Gasteiger partial charge is 0.136 e. The van der Waals surface area contributed by atoms with Gasteiger partial charge in [0.25, 0.3) is 0 Å². The van der Waals surface area contributed by atoms with Gasteiger partial charge in [0.2, 0.25) is 0 Å². The summed E-state index contributed by atoms with van der Waals surface area (Å²) in [6.07, 6.45) is 11.7. The third kappa shape index (κ3) is 2.83. The normalized spacial score (nSPS) is 25.6. The maximum Gasteiger partial charge on any atom is 0.136 e. The molecule has 2 N–H and O–H groups in total. The second-order valence-electron chi connectivity index (χ2n) is 6.27. The van der Waals surface area contributed by atoms with Crippen molar-refractivity contribution in [3.8, 4) is 0 Å². The number of aromatic nitrogens is 3. The lowest BCUT2D eigenvalue weighted by Crippen LogP contribution is -2.28. The summed E-state index contributed by atoms with van der Waals surface area (Å²) in [7, 11) is 0. The van der Waals surface area contributed by atoms with Crippen LogP contribution in [-0.2, 0) is 13.0 Å². The van der Waals surface area contributed by atoms with E-state index in [9.17, 15) is 0 Å². The monoisotopic (exact) mass is 262 g/mol. The number of rotatable bonds is 2. The molecule has 3 rings (SSSR count). The minimum Gasteiger partial charge on any atom is -0.330 e. The second kappa shape index (κ2) is 6.04. The summed E-state index contributed by atoms with van der Waals surface area (Å²) in [4.78, 5) is 0. The Balaban J connectivity index is 1.78. The van der Waals surface area contributed by atoms with E-state index in [-0.39, 0.29) is 0 Å². The summed E-state index contributed by atoms with van der Waals surface area (Å²) >= 11 is 0. The molecule has 4 nitrogen and oxygen atoms in total. The highest BCUT2D eigenvalue weighted by Gasteiger charge is 2.26. The van der Waals surface area contributed by atoms with Crippen molar-refractivity contribution in [1.82, 2.24) is 14.8 Å². The zero-order chi connectivity index (χ0) is 13.1. The van der Waals surface area contributed by atoms with Gasteiger partial charge in [-0.25, -0.2) is 0 Å². The third-order valence-corrected chi connectivity index (χ3v) is 4.88. The fourth-order valence-electron chi connectivity index (χ4n) is 3.62. The molecule has 1 aromatic heterocycles. The van der Waals surface area contributed by atoms with Crippen LogP contribution in [0.15, 0.2) is 0 Å². The van der Waals surface area contributed by atoms with Crippen molar-refractivity contribution in [2.75, 3.05) is 6.54 Å². The average Bonchev–Trinajstić information content (AvgIpc) is 2.81. The Morgan fingerprint density at radius 1 is 1.00 bits per heavy atom. The van der Waals surface area contributed by atoms with Gasteiger partial charge in [-0.2, -0.15) is 0 Å². The molecule has 1 atom stereocenters. The minimum absolute atomic E-state index is 0.621. The molecule has 0 radical (unpaired) electrons. The number of hydrogen-bond acceptors (Lipinski definition) is 3. The lowest BCUT2D eigenvalue weighted by Gasteiger charge is -2.26. The molecule has 1 aliphatic carbocycles. The van der Waals surface area contributed by atoms with E-state index in [1.165, 1.54) is 63.0 Å². The van der Waals surface area contributed by atoms with Crippen molar-refractivity contribution in [3.63, 3.8) is 0 Å². The zero-order valence-corrected chi connectivity index (χ0v) is 11.9. The van der Waals surface area contributed by atoms with Crippen LogP contribution < -0.4 is 5.73 Å². The van der Waals surface area contributed by atoms with Crippen LogP contribution in [0.2, 0.25) is 0 Å². The van der Waals surface area contributed by atoms with Gasteiger partial charge < -0.3 is 10.3 Å². The molecular formula is C15H26N4. The van der Waals surface area contributed by atoms with Gasteiger partial charge in [0, 0.05) is 18.9 Å². The van der Waals surface area contributed by atoms with Crippen LogP contribution in [0.1, 0.15) is 68.9 Å². The van der Waals surface area contributed by atoms with Gasteiger partial charge in [0.15, 0.2) is 0 Å². The molecule has 1 unspecified atom stereocenters. The molecule has 4 heteroatoms. The summed E-state index contributed by atoms with van der Waals surface area (Å²) in [5.74, 6) is 3.71. The van der Waals surface area contributed by atoms with Crippen molar-refractivity contribution >= 4 is 0 Å². The third-order valence-electron chi connectivity index (χ3n) is 4.88. The number of hydrogen-bond donors (Lipinski definition) is 1. The molecule has 0 saturated heterocycles. The number of fused-ring (bicyclic) bond motifs is 1. The summed E-state index contributed by atoms with van der Waals surface area (Å²) in [5.41, 5.74) is 5.85. The summed E-state index contributed by atoms with van der Waals surface area (Å²) in [6.45, 7) is 1.84. The van der Waals surface area contributed by atoms with Gasteiger partial charge in [-0.3, -0.25) is 0 Å². The fraction of sp³-hybridized carbons (Fsp3) is 0.867. The molecule has 2 aliphatic rings. The molecule has 0 bridgehead atoms. The Morgan fingerprint density at radius 3 is 2.47 bits per heavy atom. The highest BCUT2D eigenvalue weighted by Crippen LogP contribution is 2.32. The van der Waals surface area contributed by atoms with Crippen molar-refractivity contribution in [3.05, 3.63) is 11.6 Å². The molecule has 0 amide bonds. The molecule has 0 aromatic carbocycles. The second-order valence-corrected chi connectivity index (χ2v) is 6.27. The molecule has 0 spiro atoms. The van der Waals surface area contributed by atoms with E-state index in [2.05, 4.69) is 14.8 Å². The minimum atomic E-state index is 0.621. The Kier molecular flexibility index (Phi) is 4.16. The van der Waals surface area contributed by atoms with Crippen molar-refractivity contribution in [2.45, 2.75) is 70.3 Å². The Morgan fingerprint density at radius 2 is 1.74 bits per heavy atom. The quantitative estimate of drug-likeness (QED) is 0.891. The molecule has 2 heterocycles. The summed E-state index contributed by atoms with van der Waals surface area (Å²) in [6, 6.07) is 0. The predicted molar refractivity (Wildman–Crippen MR) is 75.9 cm³/mol. The fourth-order valence-corrected chi connectivity index (χ4v) is 3.62. The molecule has 1 fully saturated rings. The molecule has 1 aliphatic heterocycles. The SMILES string of the molecule is NCC1CCc2nnc(C3CCCCCCC3)n2C1. The first kappa shape index (κ1) is 13.1. The van der Waals surface area contributed by atoms with Crippen LogP contribution in [-0.4, -0.2) is 21.3 Å². The Hall–Kier alpha value is -0.900. The molecular weight excluding hydrogens is 236 g/mol. The van der Waals surface area contributed by atoms with Gasteiger partial charge in [0.05, 0.1) is 0 Å². The van der Waals surface area contributed by atoms with Crippen LogP contribution in [0.25, 0.3) is 0 Å². The highest BCUT2D eigenvalue weighted by molar-refractivity contribution is 5.05. The molecule has 1 aromatic rings. The first-order valence-electron chi connectivity index (χ1n) is 8.00. The van der Waals surface area contributed by atoms with Gasteiger partial charge in [-0.05, 0) is 31.7 Å². The summed E-state index contributed by atoms with van der Waals surface area (Å²) in [5, 5.41) is 8.96. The van der Waals surface area contributed by atoms with E-state index in [0.717, 1.165) is 19.5 Å². The first-order valence-corrected chi connectivity index (χ1v) is 8.00. The average molecular weight is 262 g/mol.